The van der Waals surface area contributed by atoms with Crippen molar-refractivity contribution in [3.8, 4) is 11.4 Å². The lowest BCUT2D eigenvalue weighted by molar-refractivity contribution is 0.157. The van der Waals surface area contributed by atoms with Gasteiger partial charge < -0.3 is 9.67 Å². The summed E-state index contributed by atoms with van der Waals surface area (Å²) in [5.41, 5.74) is 1.64. The molecule has 1 N–H and O–H groups in total. The van der Waals surface area contributed by atoms with Crippen molar-refractivity contribution >= 4 is 9.84 Å². The Hall–Kier alpha value is -2.44. The van der Waals surface area contributed by atoms with Crippen molar-refractivity contribution in [1.29, 1.82) is 0 Å². The maximum absolute atomic E-state index is 11.5. The molecule has 1 unspecified atom stereocenters. The predicted molar refractivity (Wildman–Crippen MR) is 92.2 cm³/mol. The summed E-state index contributed by atoms with van der Waals surface area (Å²) in [5.74, 6) is 0.780. The molecule has 1 aromatic heterocycles. The van der Waals surface area contributed by atoms with E-state index in [9.17, 15) is 13.5 Å². The highest BCUT2D eigenvalue weighted by Gasteiger charge is 2.14. The molecule has 2 aromatic carbocycles. The summed E-state index contributed by atoms with van der Waals surface area (Å²) in [7, 11) is -3.23. The second-order valence-corrected chi connectivity index (χ2v) is 7.64. The number of aromatic nitrogens is 2. The monoisotopic (exact) mass is 342 g/mol. The molecule has 0 fully saturated rings. The van der Waals surface area contributed by atoms with E-state index in [1.807, 2.05) is 41.1 Å². The van der Waals surface area contributed by atoms with E-state index >= 15 is 0 Å². The Morgan fingerprint density at radius 3 is 2.38 bits per heavy atom. The first-order chi connectivity index (χ1) is 11.4. The molecule has 124 valence electrons. The third kappa shape index (κ3) is 3.55. The van der Waals surface area contributed by atoms with Gasteiger partial charge in [-0.05, 0) is 17.7 Å². The van der Waals surface area contributed by atoms with E-state index in [1.54, 1.807) is 18.3 Å². The minimum absolute atomic E-state index is 0.242. The average Bonchev–Trinajstić information content (AvgIpc) is 3.03. The summed E-state index contributed by atoms with van der Waals surface area (Å²) >= 11 is 0. The van der Waals surface area contributed by atoms with E-state index in [1.165, 1.54) is 12.1 Å². The van der Waals surface area contributed by atoms with Gasteiger partial charge in [-0.3, -0.25) is 0 Å². The maximum atomic E-state index is 11.5. The van der Waals surface area contributed by atoms with Gasteiger partial charge in [0.2, 0.25) is 0 Å². The molecule has 1 heterocycles. The van der Waals surface area contributed by atoms with Crippen molar-refractivity contribution in [1.82, 2.24) is 9.55 Å². The molecule has 0 radical (unpaired) electrons. The highest BCUT2D eigenvalue weighted by atomic mass is 32.2. The van der Waals surface area contributed by atoms with Crippen molar-refractivity contribution in [3.63, 3.8) is 0 Å². The van der Waals surface area contributed by atoms with E-state index in [0.29, 0.717) is 12.1 Å². The average molecular weight is 342 g/mol. The molecule has 0 aliphatic heterocycles. The molecule has 24 heavy (non-hydrogen) atoms. The summed E-state index contributed by atoms with van der Waals surface area (Å²) < 4.78 is 24.9. The first-order valence-electron chi connectivity index (χ1n) is 7.50. The molecule has 0 bridgehead atoms. The Morgan fingerprint density at radius 2 is 1.75 bits per heavy atom. The molecule has 0 aliphatic rings. The van der Waals surface area contributed by atoms with Crippen LogP contribution in [0.3, 0.4) is 0 Å². The van der Waals surface area contributed by atoms with E-state index < -0.39 is 15.9 Å². The van der Waals surface area contributed by atoms with Crippen LogP contribution in [-0.4, -0.2) is 29.3 Å². The van der Waals surface area contributed by atoms with Gasteiger partial charge in [-0.2, -0.15) is 0 Å². The van der Waals surface area contributed by atoms with Crippen LogP contribution < -0.4 is 0 Å². The third-order valence-corrected chi connectivity index (χ3v) is 4.94. The molecular weight excluding hydrogens is 324 g/mol. The standard InChI is InChI=1S/C18H18N2O3S/c1-24(22,23)16-9-7-14(8-10-16)17(21)13-20-12-11-19-18(20)15-5-3-2-4-6-15/h2-12,17,21H,13H2,1H3. The Morgan fingerprint density at radius 1 is 1.08 bits per heavy atom. The topological polar surface area (TPSA) is 72.2 Å². The predicted octanol–water partition coefficient (Wildman–Crippen LogP) is 2.69. The molecule has 1 atom stereocenters. The fraction of sp³-hybridized carbons (Fsp3) is 0.167. The third-order valence-electron chi connectivity index (χ3n) is 3.81. The molecule has 0 spiro atoms. The number of imidazole rings is 1. The molecule has 5 nitrogen and oxygen atoms in total. The fourth-order valence-electron chi connectivity index (χ4n) is 2.53. The normalized spacial score (nSPS) is 12.9. The van der Waals surface area contributed by atoms with Crippen molar-refractivity contribution in [2.75, 3.05) is 6.26 Å². The van der Waals surface area contributed by atoms with Crippen LogP contribution in [0.25, 0.3) is 11.4 Å². The van der Waals surface area contributed by atoms with E-state index in [2.05, 4.69) is 4.98 Å². The summed E-state index contributed by atoms with van der Waals surface area (Å²) in [6.45, 7) is 0.336. The molecular formula is C18H18N2O3S. The molecule has 0 saturated carbocycles. The maximum Gasteiger partial charge on any atom is 0.175 e. The Balaban J connectivity index is 1.81. The number of nitrogens with zero attached hydrogens (tertiary/aromatic N) is 2. The summed E-state index contributed by atoms with van der Waals surface area (Å²) in [6.07, 6.45) is 3.92. The zero-order valence-corrected chi connectivity index (χ0v) is 14.0. The number of sulfone groups is 1. The summed E-state index contributed by atoms with van der Waals surface area (Å²) in [5, 5.41) is 10.5. The SMILES string of the molecule is CS(=O)(=O)c1ccc(C(O)Cn2ccnc2-c2ccccc2)cc1. The van der Waals surface area contributed by atoms with Crippen LogP contribution in [0.1, 0.15) is 11.7 Å². The van der Waals surface area contributed by atoms with Crippen LogP contribution in [0.5, 0.6) is 0 Å². The van der Waals surface area contributed by atoms with Gasteiger partial charge in [0.15, 0.2) is 9.84 Å². The minimum atomic E-state index is -3.23. The van der Waals surface area contributed by atoms with Crippen molar-refractivity contribution in [2.24, 2.45) is 0 Å². The van der Waals surface area contributed by atoms with E-state index in [0.717, 1.165) is 17.6 Å². The lowest BCUT2D eigenvalue weighted by Crippen LogP contribution is -2.09. The largest absolute Gasteiger partial charge is 0.387 e. The number of rotatable bonds is 5. The van der Waals surface area contributed by atoms with Crippen LogP contribution in [0.15, 0.2) is 71.9 Å². The van der Waals surface area contributed by atoms with E-state index in [-0.39, 0.29) is 4.90 Å². The van der Waals surface area contributed by atoms with Crippen LogP contribution in [0.4, 0.5) is 0 Å². The van der Waals surface area contributed by atoms with Gasteiger partial charge in [-0.15, -0.1) is 0 Å². The summed E-state index contributed by atoms with van der Waals surface area (Å²) in [6, 6.07) is 16.1. The Kier molecular flexibility index (Phi) is 4.51. The fourth-order valence-corrected chi connectivity index (χ4v) is 3.16. The second kappa shape index (κ2) is 6.59. The van der Waals surface area contributed by atoms with Gasteiger partial charge in [0, 0.05) is 24.2 Å². The molecule has 0 saturated heterocycles. The first-order valence-corrected chi connectivity index (χ1v) is 9.39. The van der Waals surface area contributed by atoms with E-state index in [4.69, 9.17) is 0 Å². The van der Waals surface area contributed by atoms with Gasteiger partial charge in [0.05, 0.1) is 17.5 Å². The van der Waals surface area contributed by atoms with Gasteiger partial charge in [-0.1, -0.05) is 42.5 Å². The van der Waals surface area contributed by atoms with Crippen LogP contribution in [0.2, 0.25) is 0 Å². The summed E-state index contributed by atoms with van der Waals surface area (Å²) in [4.78, 5) is 4.59. The molecule has 3 aromatic rings. The lowest BCUT2D eigenvalue weighted by Gasteiger charge is -2.14. The number of aliphatic hydroxyl groups excluding tert-OH is 1. The molecule has 0 aliphatic carbocycles. The molecule has 6 heteroatoms. The first kappa shape index (κ1) is 16.4. The quantitative estimate of drug-likeness (QED) is 0.774. The lowest BCUT2D eigenvalue weighted by atomic mass is 10.1. The molecule has 3 rings (SSSR count). The van der Waals surface area contributed by atoms with Crippen LogP contribution >= 0.6 is 0 Å². The Labute approximate surface area is 141 Å². The highest BCUT2D eigenvalue weighted by Crippen LogP contribution is 2.22. The van der Waals surface area contributed by atoms with Gasteiger partial charge in [0.25, 0.3) is 0 Å². The number of hydrogen-bond acceptors (Lipinski definition) is 4. The van der Waals surface area contributed by atoms with Gasteiger partial charge in [-0.25, -0.2) is 13.4 Å². The van der Waals surface area contributed by atoms with Gasteiger partial charge in [0.1, 0.15) is 5.82 Å². The van der Waals surface area contributed by atoms with Crippen LogP contribution in [0, 0.1) is 0 Å². The Bertz CT molecular complexity index is 916. The smallest absolute Gasteiger partial charge is 0.175 e. The van der Waals surface area contributed by atoms with Gasteiger partial charge >= 0.3 is 0 Å². The zero-order valence-electron chi connectivity index (χ0n) is 13.2. The van der Waals surface area contributed by atoms with Crippen molar-refractivity contribution in [2.45, 2.75) is 17.5 Å². The minimum Gasteiger partial charge on any atom is -0.387 e. The number of aliphatic hydroxyl groups is 1. The second-order valence-electron chi connectivity index (χ2n) is 5.63. The van der Waals surface area contributed by atoms with Crippen LogP contribution in [-0.2, 0) is 16.4 Å². The van der Waals surface area contributed by atoms with Crippen molar-refractivity contribution in [3.05, 3.63) is 72.6 Å². The highest BCUT2D eigenvalue weighted by molar-refractivity contribution is 7.90. The zero-order chi connectivity index (χ0) is 17.2. The molecule has 0 amide bonds. The number of benzene rings is 2. The van der Waals surface area contributed by atoms with Crippen molar-refractivity contribution < 1.29 is 13.5 Å². The number of hydrogen-bond donors (Lipinski definition) is 1.